The Hall–Kier alpha value is -2.29. The number of benzene rings is 2. The molecule has 19 heavy (non-hydrogen) atoms. The molecule has 0 unspecified atom stereocenters. The van der Waals surface area contributed by atoms with Crippen LogP contribution in [0.15, 0.2) is 48.5 Å². The van der Waals surface area contributed by atoms with Crippen LogP contribution in [-0.4, -0.2) is 17.2 Å². The molecule has 0 spiro atoms. The molecule has 0 heterocycles. The van der Waals surface area contributed by atoms with Crippen LogP contribution in [0.3, 0.4) is 0 Å². The third-order valence-corrected chi connectivity index (χ3v) is 2.67. The zero-order valence-corrected chi connectivity index (χ0v) is 11.0. The highest BCUT2D eigenvalue weighted by Crippen LogP contribution is 2.24. The Balaban J connectivity index is 2.28. The van der Waals surface area contributed by atoms with E-state index in [4.69, 9.17) is 9.84 Å². The Labute approximate surface area is 112 Å². The van der Waals surface area contributed by atoms with Crippen LogP contribution in [0.2, 0.25) is 0 Å². The Morgan fingerprint density at radius 1 is 1.05 bits per heavy atom. The minimum Gasteiger partial charge on any atom is -0.491 e. The largest absolute Gasteiger partial charge is 0.491 e. The Bertz CT molecular complexity index is 571. The van der Waals surface area contributed by atoms with Crippen LogP contribution < -0.4 is 4.74 Å². The lowest BCUT2D eigenvalue weighted by molar-refractivity contribution is 0.0697. The molecular formula is C16H16O3. The number of ether oxygens (including phenoxy) is 1. The van der Waals surface area contributed by atoms with Gasteiger partial charge in [-0.3, -0.25) is 0 Å². The summed E-state index contributed by atoms with van der Waals surface area (Å²) in [6, 6.07) is 14.6. The number of carboxylic acid groups (broad SMARTS) is 1. The van der Waals surface area contributed by atoms with E-state index < -0.39 is 5.97 Å². The second-order valence-electron chi connectivity index (χ2n) is 4.58. The zero-order valence-electron chi connectivity index (χ0n) is 11.0. The third-order valence-electron chi connectivity index (χ3n) is 2.67. The van der Waals surface area contributed by atoms with Gasteiger partial charge in [0.1, 0.15) is 5.75 Å². The topological polar surface area (TPSA) is 46.5 Å². The van der Waals surface area contributed by atoms with E-state index in [1.807, 2.05) is 38.1 Å². The minimum absolute atomic E-state index is 0.129. The van der Waals surface area contributed by atoms with Crippen molar-refractivity contribution < 1.29 is 14.6 Å². The van der Waals surface area contributed by atoms with Gasteiger partial charge in [0.25, 0.3) is 0 Å². The predicted octanol–water partition coefficient (Wildman–Crippen LogP) is 3.84. The van der Waals surface area contributed by atoms with Crippen molar-refractivity contribution in [2.45, 2.75) is 20.0 Å². The smallest absolute Gasteiger partial charge is 0.335 e. The molecule has 0 aliphatic rings. The number of carbonyl (C=O) groups is 1. The summed E-state index contributed by atoms with van der Waals surface area (Å²) >= 11 is 0. The number of aromatic carboxylic acids is 1. The maximum atomic E-state index is 10.8. The summed E-state index contributed by atoms with van der Waals surface area (Å²) < 4.78 is 5.64. The van der Waals surface area contributed by atoms with Crippen LogP contribution in [-0.2, 0) is 0 Å². The molecule has 0 saturated heterocycles. The first-order valence-electron chi connectivity index (χ1n) is 6.16. The van der Waals surface area contributed by atoms with E-state index in [2.05, 4.69) is 0 Å². The number of hydrogen-bond acceptors (Lipinski definition) is 2. The fourth-order valence-corrected chi connectivity index (χ4v) is 1.83. The molecular weight excluding hydrogens is 240 g/mol. The van der Waals surface area contributed by atoms with Gasteiger partial charge in [0, 0.05) is 0 Å². The van der Waals surface area contributed by atoms with E-state index in [1.165, 1.54) is 0 Å². The van der Waals surface area contributed by atoms with E-state index in [0.29, 0.717) is 5.56 Å². The molecule has 2 rings (SSSR count). The highest BCUT2D eigenvalue weighted by Gasteiger charge is 2.04. The molecule has 98 valence electrons. The van der Waals surface area contributed by atoms with E-state index in [-0.39, 0.29) is 6.10 Å². The standard InChI is InChI=1S/C16H16O3/c1-11(2)19-15-5-3-4-14(10-15)12-6-8-13(9-7-12)16(17)18/h3-11H,1-2H3,(H,17,18). The fraction of sp³-hybridized carbons (Fsp3) is 0.188. The summed E-state index contributed by atoms with van der Waals surface area (Å²) in [7, 11) is 0. The Kier molecular flexibility index (Phi) is 3.85. The first kappa shape index (κ1) is 13.1. The lowest BCUT2D eigenvalue weighted by atomic mass is 10.0. The fourth-order valence-electron chi connectivity index (χ4n) is 1.83. The summed E-state index contributed by atoms with van der Waals surface area (Å²) in [6.07, 6.45) is 0.129. The molecule has 0 fully saturated rings. The van der Waals surface area contributed by atoms with Gasteiger partial charge < -0.3 is 9.84 Å². The first-order chi connectivity index (χ1) is 9.06. The molecule has 0 amide bonds. The van der Waals surface area contributed by atoms with Gasteiger partial charge in [-0.2, -0.15) is 0 Å². The molecule has 0 bridgehead atoms. The summed E-state index contributed by atoms with van der Waals surface area (Å²) in [5.74, 6) is -0.0988. The van der Waals surface area contributed by atoms with E-state index in [0.717, 1.165) is 16.9 Å². The highest BCUT2D eigenvalue weighted by atomic mass is 16.5. The van der Waals surface area contributed by atoms with Crippen LogP contribution in [0.5, 0.6) is 5.75 Å². The van der Waals surface area contributed by atoms with Gasteiger partial charge in [0.2, 0.25) is 0 Å². The van der Waals surface area contributed by atoms with Crippen LogP contribution in [0, 0.1) is 0 Å². The predicted molar refractivity (Wildman–Crippen MR) is 74.6 cm³/mol. The van der Waals surface area contributed by atoms with Crippen LogP contribution >= 0.6 is 0 Å². The van der Waals surface area contributed by atoms with Gasteiger partial charge in [-0.05, 0) is 49.2 Å². The lowest BCUT2D eigenvalue weighted by Gasteiger charge is -2.11. The number of hydrogen-bond donors (Lipinski definition) is 1. The zero-order chi connectivity index (χ0) is 13.8. The van der Waals surface area contributed by atoms with Crippen molar-refractivity contribution in [2.24, 2.45) is 0 Å². The molecule has 0 aliphatic carbocycles. The molecule has 0 aliphatic heterocycles. The summed E-state index contributed by atoms with van der Waals surface area (Å²) in [4.78, 5) is 10.8. The van der Waals surface area contributed by atoms with E-state index in [9.17, 15) is 4.79 Å². The van der Waals surface area contributed by atoms with Crippen LogP contribution in [0.1, 0.15) is 24.2 Å². The molecule has 1 N–H and O–H groups in total. The Morgan fingerprint density at radius 3 is 2.32 bits per heavy atom. The summed E-state index contributed by atoms with van der Waals surface area (Å²) in [6.45, 7) is 3.96. The minimum atomic E-state index is -0.913. The third kappa shape index (κ3) is 3.35. The maximum Gasteiger partial charge on any atom is 0.335 e. The number of rotatable bonds is 4. The van der Waals surface area contributed by atoms with Crippen molar-refractivity contribution in [3.8, 4) is 16.9 Å². The molecule has 3 nitrogen and oxygen atoms in total. The van der Waals surface area contributed by atoms with Gasteiger partial charge in [0.15, 0.2) is 0 Å². The van der Waals surface area contributed by atoms with Crippen molar-refractivity contribution in [3.05, 3.63) is 54.1 Å². The molecule has 2 aromatic carbocycles. The first-order valence-corrected chi connectivity index (χ1v) is 6.16. The monoisotopic (exact) mass is 256 g/mol. The molecule has 0 aromatic heterocycles. The van der Waals surface area contributed by atoms with Crippen molar-refractivity contribution in [1.82, 2.24) is 0 Å². The van der Waals surface area contributed by atoms with Gasteiger partial charge in [-0.15, -0.1) is 0 Å². The van der Waals surface area contributed by atoms with E-state index >= 15 is 0 Å². The Morgan fingerprint density at radius 2 is 1.74 bits per heavy atom. The van der Waals surface area contributed by atoms with E-state index in [1.54, 1.807) is 24.3 Å². The quantitative estimate of drug-likeness (QED) is 0.904. The lowest BCUT2D eigenvalue weighted by Crippen LogP contribution is -2.05. The second kappa shape index (κ2) is 5.57. The maximum absolute atomic E-state index is 10.8. The van der Waals surface area contributed by atoms with Gasteiger partial charge in [0.05, 0.1) is 11.7 Å². The summed E-state index contributed by atoms with van der Waals surface area (Å²) in [5, 5.41) is 8.87. The van der Waals surface area contributed by atoms with Gasteiger partial charge in [-0.1, -0.05) is 24.3 Å². The average Bonchev–Trinajstić information content (AvgIpc) is 2.38. The molecule has 0 radical (unpaired) electrons. The van der Waals surface area contributed by atoms with Crippen molar-refractivity contribution in [2.75, 3.05) is 0 Å². The highest BCUT2D eigenvalue weighted by molar-refractivity contribution is 5.88. The van der Waals surface area contributed by atoms with Crippen molar-refractivity contribution in [1.29, 1.82) is 0 Å². The normalized spacial score (nSPS) is 10.5. The molecule has 2 aromatic rings. The van der Waals surface area contributed by atoms with Crippen molar-refractivity contribution in [3.63, 3.8) is 0 Å². The number of carboxylic acids is 1. The molecule has 0 atom stereocenters. The molecule has 3 heteroatoms. The average molecular weight is 256 g/mol. The van der Waals surface area contributed by atoms with Gasteiger partial charge >= 0.3 is 5.97 Å². The van der Waals surface area contributed by atoms with Crippen LogP contribution in [0.25, 0.3) is 11.1 Å². The van der Waals surface area contributed by atoms with Crippen LogP contribution in [0.4, 0.5) is 0 Å². The SMILES string of the molecule is CC(C)Oc1cccc(-c2ccc(C(=O)O)cc2)c1. The molecule has 0 saturated carbocycles. The summed E-state index contributed by atoms with van der Waals surface area (Å²) in [5.41, 5.74) is 2.27. The van der Waals surface area contributed by atoms with Crippen molar-refractivity contribution >= 4 is 5.97 Å². The second-order valence-corrected chi connectivity index (χ2v) is 4.58. The van der Waals surface area contributed by atoms with Gasteiger partial charge in [-0.25, -0.2) is 4.79 Å².